The van der Waals surface area contributed by atoms with Gasteiger partial charge < -0.3 is 4.90 Å². The third kappa shape index (κ3) is 2.79. The van der Waals surface area contributed by atoms with E-state index in [4.69, 9.17) is 0 Å². The van der Waals surface area contributed by atoms with Gasteiger partial charge in [-0.15, -0.1) is 0 Å². The van der Waals surface area contributed by atoms with Crippen molar-refractivity contribution in [1.82, 2.24) is 9.78 Å². The molecule has 0 amide bonds. The first-order valence-corrected chi connectivity index (χ1v) is 7.20. The first-order valence-electron chi connectivity index (χ1n) is 7.20. The van der Waals surface area contributed by atoms with Gasteiger partial charge in [-0.1, -0.05) is 6.07 Å². The van der Waals surface area contributed by atoms with Crippen LogP contribution < -0.4 is 4.90 Å². The molecule has 1 saturated heterocycles. The molecule has 2 heterocycles. The molecule has 2 aromatic rings. The fourth-order valence-corrected chi connectivity index (χ4v) is 3.07. The molecule has 1 aromatic heterocycles. The van der Waals surface area contributed by atoms with Gasteiger partial charge in [-0.2, -0.15) is 9.49 Å². The van der Waals surface area contributed by atoms with E-state index in [9.17, 15) is 14.5 Å². The number of anilines is 1. The molecule has 0 saturated carbocycles. The number of aryl methyl sites for hydroxylation is 1. The van der Waals surface area contributed by atoms with Crippen LogP contribution in [0.1, 0.15) is 12.0 Å². The molecular formula is C15H17FN4O2. The van der Waals surface area contributed by atoms with Gasteiger partial charge in [-0.25, -0.2) is 0 Å². The number of para-hydroxylation sites is 1. The van der Waals surface area contributed by atoms with Crippen LogP contribution in [0, 0.1) is 21.8 Å². The van der Waals surface area contributed by atoms with Gasteiger partial charge >= 0.3 is 5.69 Å². The molecule has 0 radical (unpaired) electrons. The molecule has 0 aliphatic carbocycles. The average molecular weight is 304 g/mol. The van der Waals surface area contributed by atoms with Gasteiger partial charge in [0.05, 0.1) is 11.1 Å². The van der Waals surface area contributed by atoms with Crippen LogP contribution in [0.5, 0.6) is 0 Å². The van der Waals surface area contributed by atoms with Crippen molar-refractivity contribution in [1.29, 1.82) is 0 Å². The van der Waals surface area contributed by atoms with E-state index in [0.717, 1.165) is 24.5 Å². The molecule has 6 nitrogen and oxygen atoms in total. The fourth-order valence-electron chi connectivity index (χ4n) is 3.07. The van der Waals surface area contributed by atoms with E-state index in [1.807, 2.05) is 24.3 Å². The molecule has 116 valence electrons. The van der Waals surface area contributed by atoms with Crippen molar-refractivity contribution in [2.75, 3.05) is 18.0 Å². The number of aromatic nitrogens is 2. The van der Waals surface area contributed by atoms with E-state index in [2.05, 4.69) is 5.10 Å². The lowest BCUT2D eigenvalue weighted by Gasteiger charge is -2.18. The molecule has 0 N–H and O–H groups in total. The van der Waals surface area contributed by atoms with Gasteiger partial charge in [0.1, 0.15) is 5.69 Å². The van der Waals surface area contributed by atoms with Crippen molar-refractivity contribution in [3.63, 3.8) is 0 Å². The second-order valence-electron chi connectivity index (χ2n) is 5.69. The zero-order valence-electron chi connectivity index (χ0n) is 12.3. The molecule has 1 unspecified atom stereocenters. The van der Waals surface area contributed by atoms with E-state index in [-0.39, 0.29) is 0 Å². The number of nitrogens with zero attached hydrogens (tertiary/aromatic N) is 4. The molecule has 0 spiro atoms. The Kier molecular flexibility index (Phi) is 3.79. The Morgan fingerprint density at radius 1 is 1.50 bits per heavy atom. The summed E-state index contributed by atoms with van der Waals surface area (Å²) < 4.78 is 15.5. The average Bonchev–Trinajstić information content (AvgIpc) is 3.08. The Hall–Kier alpha value is -2.44. The highest BCUT2D eigenvalue weighted by atomic mass is 19.1. The number of hydrogen-bond acceptors (Lipinski definition) is 4. The minimum atomic E-state index is -0.779. The molecule has 1 fully saturated rings. The number of nitro benzene ring substituents is 1. The van der Waals surface area contributed by atoms with Crippen molar-refractivity contribution in [2.24, 2.45) is 13.0 Å². The predicted molar refractivity (Wildman–Crippen MR) is 80.3 cm³/mol. The third-order valence-electron chi connectivity index (χ3n) is 4.06. The summed E-state index contributed by atoms with van der Waals surface area (Å²) in [6.07, 6.45) is 5.64. The van der Waals surface area contributed by atoms with Gasteiger partial charge in [0, 0.05) is 26.3 Å². The summed E-state index contributed by atoms with van der Waals surface area (Å²) in [6.45, 7) is 1.40. The Balaban J connectivity index is 1.75. The molecule has 7 heteroatoms. The third-order valence-corrected chi connectivity index (χ3v) is 4.06. The summed E-state index contributed by atoms with van der Waals surface area (Å²) >= 11 is 0. The maximum absolute atomic E-state index is 13.7. The van der Waals surface area contributed by atoms with Crippen molar-refractivity contribution < 1.29 is 9.31 Å². The van der Waals surface area contributed by atoms with E-state index in [1.165, 1.54) is 6.07 Å². The Labute approximate surface area is 127 Å². The zero-order chi connectivity index (χ0) is 15.7. The number of benzene rings is 1. The molecule has 1 atom stereocenters. The van der Waals surface area contributed by atoms with Gasteiger partial charge in [-0.05, 0) is 36.5 Å². The Morgan fingerprint density at radius 2 is 2.32 bits per heavy atom. The number of halogens is 1. The minimum absolute atomic E-state index is 0.374. The maximum Gasteiger partial charge on any atom is 0.327 e. The Morgan fingerprint density at radius 3 is 3.00 bits per heavy atom. The highest BCUT2D eigenvalue weighted by molar-refractivity contribution is 5.64. The summed E-state index contributed by atoms with van der Waals surface area (Å²) in [5, 5.41) is 15.3. The smallest absolute Gasteiger partial charge is 0.327 e. The SMILES string of the molecule is Cn1cc(CC2CCN(c3cccc(F)c3[N+](=O)[O-])C2)cn1. The molecule has 3 rings (SSSR count). The first-order chi connectivity index (χ1) is 10.5. The lowest BCUT2D eigenvalue weighted by molar-refractivity contribution is -0.386. The van der Waals surface area contributed by atoms with Crippen LogP contribution in [-0.4, -0.2) is 27.8 Å². The lowest BCUT2D eigenvalue weighted by Crippen LogP contribution is -2.21. The van der Waals surface area contributed by atoms with Crippen LogP contribution in [0.3, 0.4) is 0 Å². The minimum Gasteiger partial charge on any atom is -0.366 e. The topological polar surface area (TPSA) is 64.2 Å². The van der Waals surface area contributed by atoms with Gasteiger partial charge in [-0.3, -0.25) is 14.8 Å². The summed E-state index contributed by atoms with van der Waals surface area (Å²) in [5.41, 5.74) is 1.10. The van der Waals surface area contributed by atoms with E-state index < -0.39 is 16.4 Å². The summed E-state index contributed by atoms with van der Waals surface area (Å²) in [5.74, 6) is -0.384. The summed E-state index contributed by atoms with van der Waals surface area (Å²) in [6, 6.07) is 4.27. The molecular weight excluding hydrogens is 287 g/mol. The molecule has 22 heavy (non-hydrogen) atoms. The standard InChI is InChI=1S/C15H17FN4O2/c1-18-9-12(8-17-18)7-11-5-6-19(10-11)14-4-2-3-13(16)15(14)20(21)22/h2-4,8-9,11H,5-7,10H2,1H3. The Bertz CT molecular complexity index is 701. The first kappa shape index (κ1) is 14.5. The van der Waals surface area contributed by atoms with Crippen molar-refractivity contribution >= 4 is 11.4 Å². The number of hydrogen-bond donors (Lipinski definition) is 0. The summed E-state index contributed by atoms with van der Waals surface area (Å²) in [4.78, 5) is 12.4. The van der Waals surface area contributed by atoms with Gasteiger partial charge in [0.15, 0.2) is 0 Å². The molecule has 1 aliphatic rings. The molecule has 1 aromatic carbocycles. The van der Waals surface area contributed by atoms with E-state index in [1.54, 1.807) is 10.7 Å². The van der Waals surface area contributed by atoms with Crippen LogP contribution >= 0.6 is 0 Å². The number of nitro groups is 1. The summed E-state index contributed by atoms with van der Waals surface area (Å²) in [7, 11) is 1.88. The second-order valence-corrected chi connectivity index (χ2v) is 5.69. The quantitative estimate of drug-likeness (QED) is 0.643. The van der Waals surface area contributed by atoms with E-state index >= 15 is 0 Å². The van der Waals surface area contributed by atoms with Crippen LogP contribution in [0.25, 0.3) is 0 Å². The normalized spacial score (nSPS) is 17.9. The monoisotopic (exact) mass is 304 g/mol. The van der Waals surface area contributed by atoms with Crippen LogP contribution in [0.15, 0.2) is 30.6 Å². The molecule has 0 bridgehead atoms. The van der Waals surface area contributed by atoms with Crippen LogP contribution in [0.2, 0.25) is 0 Å². The molecule has 1 aliphatic heterocycles. The van der Waals surface area contributed by atoms with E-state index in [0.29, 0.717) is 24.7 Å². The highest BCUT2D eigenvalue weighted by Crippen LogP contribution is 2.34. The maximum atomic E-state index is 13.7. The largest absolute Gasteiger partial charge is 0.366 e. The van der Waals surface area contributed by atoms with Crippen molar-refractivity contribution in [2.45, 2.75) is 12.8 Å². The van der Waals surface area contributed by atoms with Gasteiger partial charge in [0.25, 0.3) is 0 Å². The second kappa shape index (κ2) is 5.75. The predicted octanol–water partition coefficient (Wildman–Crippen LogP) is 2.54. The highest BCUT2D eigenvalue weighted by Gasteiger charge is 2.29. The van der Waals surface area contributed by atoms with Crippen LogP contribution in [-0.2, 0) is 13.5 Å². The van der Waals surface area contributed by atoms with Gasteiger partial charge in [0.2, 0.25) is 5.82 Å². The van der Waals surface area contributed by atoms with Crippen molar-refractivity contribution in [3.8, 4) is 0 Å². The fraction of sp³-hybridized carbons (Fsp3) is 0.400. The lowest BCUT2D eigenvalue weighted by atomic mass is 10.0. The van der Waals surface area contributed by atoms with Crippen molar-refractivity contribution in [3.05, 3.63) is 52.1 Å². The number of rotatable bonds is 4. The van der Waals surface area contributed by atoms with Crippen LogP contribution in [0.4, 0.5) is 15.8 Å². The zero-order valence-corrected chi connectivity index (χ0v) is 12.3.